The van der Waals surface area contributed by atoms with Crippen LogP contribution >= 0.6 is 11.6 Å². The molecule has 0 bridgehead atoms. The van der Waals surface area contributed by atoms with Crippen molar-refractivity contribution in [2.45, 2.75) is 0 Å². The minimum Gasteiger partial charge on any atom is -0.399 e. The molecule has 0 heterocycles. The molecule has 0 aliphatic heterocycles. The van der Waals surface area contributed by atoms with Gasteiger partial charge in [0.1, 0.15) is 0 Å². The first-order valence-corrected chi connectivity index (χ1v) is 5.39. The van der Waals surface area contributed by atoms with Gasteiger partial charge in [-0.15, -0.1) is 0 Å². The number of halogens is 1. The lowest BCUT2D eigenvalue weighted by Gasteiger charge is -2.08. The lowest BCUT2D eigenvalue weighted by Crippen LogP contribution is -1.92. The average Bonchev–Trinajstić information content (AvgIpc) is 2.34. The zero-order valence-corrected chi connectivity index (χ0v) is 9.70. The van der Waals surface area contributed by atoms with Crippen LogP contribution in [0.2, 0.25) is 5.02 Å². The SMILES string of the molecule is N#Cc1ccc(Nc2ccc(N)cc2)c(Cl)c1. The minimum atomic E-state index is 0.515. The predicted octanol–water partition coefficient (Wildman–Crippen LogP) is 3.54. The van der Waals surface area contributed by atoms with Crippen LogP contribution in [0.4, 0.5) is 17.1 Å². The highest BCUT2D eigenvalue weighted by molar-refractivity contribution is 6.33. The fourth-order valence-electron chi connectivity index (χ4n) is 1.41. The molecule has 0 spiro atoms. The molecule has 2 aromatic rings. The highest BCUT2D eigenvalue weighted by Crippen LogP contribution is 2.26. The molecule has 0 atom stereocenters. The third-order valence-corrected chi connectivity index (χ3v) is 2.60. The summed E-state index contributed by atoms with van der Waals surface area (Å²) in [6, 6.07) is 14.5. The number of nitriles is 1. The largest absolute Gasteiger partial charge is 0.399 e. The van der Waals surface area contributed by atoms with Gasteiger partial charge in [0.15, 0.2) is 0 Å². The van der Waals surface area contributed by atoms with Crippen LogP contribution in [-0.4, -0.2) is 0 Å². The van der Waals surface area contributed by atoms with Crippen LogP contribution in [0.5, 0.6) is 0 Å². The summed E-state index contributed by atoms with van der Waals surface area (Å²) in [6.45, 7) is 0. The van der Waals surface area contributed by atoms with Gasteiger partial charge in [0.2, 0.25) is 0 Å². The van der Waals surface area contributed by atoms with E-state index in [1.165, 1.54) is 0 Å². The first kappa shape index (κ1) is 11.3. The van der Waals surface area contributed by atoms with E-state index in [0.717, 1.165) is 11.4 Å². The van der Waals surface area contributed by atoms with Crippen LogP contribution in [0.15, 0.2) is 42.5 Å². The Hall–Kier alpha value is -2.18. The first-order chi connectivity index (χ1) is 8.19. The van der Waals surface area contributed by atoms with Crippen LogP contribution in [0.1, 0.15) is 5.56 Å². The number of nitrogens with two attached hydrogens (primary N) is 1. The standard InChI is InChI=1S/C13H10ClN3/c14-12-7-9(8-15)1-6-13(12)17-11-4-2-10(16)3-5-11/h1-7,17H,16H2. The van der Waals surface area contributed by atoms with Crippen molar-refractivity contribution < 1.29 is 0 Å². The second-order valence-electron chi connectivity index (χ2n) is 3.55. The number of rotatable bonds is 2. The first-order valence-electron chi connectivity index (χ1n) is 5.01. The Morgan fingerprint density at radius 1 is 1.12 bits per heavy atom. The van der Waals surface area contributed by atoms with Gasteiger partial charge in [-0.3, -0.25) is 0 Å². The Morgan fingerprint density at radius 3 is 2.41 bits per heavy atom. The normalized spacial score (nSPS) is 9.65. The highest BCUT2D eigenvalue weighted by Gasteiger charge is 2.02. The number of anilines is 3. The van der Waals surface area contributed by atoms with Gasteiger partial charge in [-0.05, 0) is 42.5 Å². The smallest absolute Gasteiger partial charge is 0.0992 e. The van der Waals surface area contributed by atoms with Crippen LogP contribution in [0.3, 0.4) is 0 Å². The molecule has 0 fully saturated rings. The average molecular weight is 244 g/mol. The van der Waals surface area contributed by atoms with Gasteiger partial charge in [-0.2, -0.15) is 5.26 Å². The van der Waals surface area contributed by atoms with E-state index in [2.05, 4.69) is 5.32 Å². The van der Waals surface area contributed by atoms with E-state index in [0.29, 0.717) is 16.3 Å². The van der Waals surface area contributed by atoms with Crippen molar-refractivity contribution in [3.63, 3.8) is 0 Å². The van der Waals surface area contributed by atoms with E-state index in [1.807, 2.05) is 18.2 Å². The summed E-state index contributed by atoms with van der Waals surface area (Å²) in [5.74, 6) is 0. The van der Waals surface area contributed by atoms with E-state index in [9.17, 15) is 0 Å². The second kappa shape index (κ2) is 4.77. The Labute approximate surface area is 104 Å². The van der Waals surface area contributed by atoms with E-state index in [1.54, 1.807) is 30.3 Å². The van der Waals surface area contributed by atoms with Crippen molar-refractivity contribution in [2.24, 2.45) is 0 Å². The Kier molecular flexibility index (Phi) is 3.17. The molecule has 0 aromatic heterocycles. The van der Waals surface area contributed by atoms with Crippen LogP contribution in [-0.2, 0) is 0 Å². The fraction of sp³-hybridized carbons (Fsp3) is 0. The van der Waals surface area contributed by atoms with Crippen LogP contribution in [0, 0.1) is 11.3 Å². The molecule has 0 saturated carbocycles. The summed E-state index contributed by atoms with van der Waals surface area (Å²) in [4.78, 5) is 0. The summed E-state index contributed by atoms with van der Waals surface area (Å²) in [5, 5.41) is 12.4. The number of benzene rings is 2. The summed E-state index contributed by atoms with van der Waals surface area (Å²) >= 11 is 6.05. The third-order valence-electron chi connectivity index (χ3n) is 2.29. The van der Waals surface area contributed by atoms with Crippen molar-refractivity contribution in [1.29, 1.82) is 5.26 Å². The molecule has 2 rings (SSSR count). The van der Waals surface area contributed by atoms with Crippen LogP contribution < -0.4 is 11.1 Å². The Bertz CT molecular complexity index is 570. The number of nitrogens with zero attached hydrogens (tertiary/aromatic N) is 1. The number of hydrogen-bond acceptors (Lipinski definition) is 3. The topological polar surface area (TPSA) is 61.8 Å². The Balaban J connectivity index is 2.25. The molecule has 3 N–H and O–H groups in total. The van der Waals surface area contributed by atoms with E-state index in [-0.39, 0.29) is 0 Å². The maximum absolute atomic E-state index is 8.73. The van der Waals surface area contributed by atoms with Gasteiger partial charge in [-0.1, -0.05) is 11.6 Å². The summed E-state index contributed by atoms with van der Waals surface area (Å²) in [7, 11) is 0. The summed E-state index contributed by atoms with van der Waals surface area (Å²) in [6.07, 6.45) is 0. The van der Waals surface area contributed by atoms with Gasteiger partial charge < -0.3 is 11.1 Å². The molecule has 4 heteroatoms. The number of hydrogen-bond donors (Lipinski definition) is 2. The molecule has 0 aliphatic rings. The van der Waals surface area contributed by atoms with Crippen molar-refractivity contribution in [3.8, 4) is 6.07 Å². The quantitative estimate of drug-likeness (QED) is 0.793. The maximum Gasteiger partial charge on any atom is 0.0992 e. The molecule has 0 aliphatic carbocycles. The van der Waals surface area contributed by atoms with Crippen molar-refractivity contribution in [3.05, 3.63) is 53.1 Å². The van der Waals surface area contributed by atoms with Gasteiger partial charge in [-0.25, -0.2) is 0 Å². The van der Waals surface area contributed by atoms with Gasteiger partial charge >= 0.3 is 0 Å². The fourth-order valence-corrected chi connectivity index (χ4v) is 1.64. The highest BCUT2D eigenvalue weighted by atomic mass is 35.5. The minimum absolute atomic E-state index is 0.515. The van der Waals surface area contributed by atoms with Crippen molar-refractivity contribution in [2.75, 3.05) is 11.1 Å². The molecule has 0 amide bonds. The van der Waals surface area contributed by atoms with E-state index < -0.39 is 0 Å². The third kappa shape index (κ3) is 2.68. The molecular weight excluding hydrogens is 234 g/mol. The van der Waals surface area contributed by atoms with E-state index >= 15 is 0 Å². The summed E-state index contributed by atoms with van der Waals surface area (Å²) < 4.78 is 0. The maximum atomic E-state index is 8.73. The molecule has 0 saturated heterocycles. The molecule has 84 valence electrons. The number of nitrogen functional groups attached to an aromatic ring is 1. The molecule has 2 aromatic carbocycles. The van der Waals surface area contributed by atoms with Crippen molar-refractivity contribution in [1.82, 2.24) is 0 Å². The van der Waals surface area contributed by atoms with Gasteiger partial charge in [0.05, 0.1) is 22.3 Å². The zero-order valence-electron chi connectivity index (χ0n) is 8.94. The predicted molar refractivity (Wildman–Crippen MR) is 70.3 cm³/mol. The molecular formula is C13H10ClN3. The molecule has 17 heavy (non-hydrogen) atoms. The van der Waals surface area contributed by atoms with Crippen molar-refractivity contribution >= 4 is 28.7 Å². The lowest BCUT2D eigenvalue weighted by atomic mass is 10.2. The molecule has 0 unspecified atom stereocenters. The van der Waals surface area contributed by atoms with Gasteiger partial charge in [0.25, 0.3) is 0 Å². The number of nitrogens with one attached hydrogen (secondary N) is 1. The Morgan fingerprint density at radius 2 is 1.82 bits per heavy atom. The molecule has 0 radical (unpaired) electrons. The lowest BCUT2D eigenvalue weighted by molar-refractivity contribution is 1.47. The molecule has 3 nitrogen and oxygen atoms in total. The van der Waals surface area contributed by atoms with Gasteiger partial charge in [0, 0.05) is 11.4 Å². The van der Waals surface area contributed by atoms with E-state index in [4.69, 9.17) is 22.6 Å². The zero-order chi connectivity index (χ0) is 12.3. The van der Waals surface area contributed by atoms with Crippen LogP contribution in [0.25, 0.3) is 0 Å². The monoisotopic (exact) mass is 243 g/mol. The summed E-state index contributed by atoms with van der Waals surface area (Å²) in [5.41, 5.74) is 8.50. The second-order valence-corrected chi connectivity index (χ2v) is 3.96.